The second kappa shape index (κ2) is 4.95. The van der Waals surface area contributed by atoms with Gasteiger partial charge in [-0.25, -0.2) is 4.98 Å². The van der Waals surface area contributed by atoms with E-state index in [2.05, 4.69) is 20.9 Å². The fourth-order valence-electron chi connectivity index (χ4n) is 2.15. The van der Waals surface area contributed by atoms with Gasteiger partial charge in [0.2, 0.25) is 0 Å². The highest BCUT2D eigenvalue weighted by Gasteiger charge is 2.14. The quantitative estimate of drug-likeness (QED) is 0.657. The number of benzene rings is 1. The molecule has 0 aliphatic carbocycles. The Balaban J connectivity index is 2.29. The lowest BCUT2D eigenvalue weighted by Crippen LogP contribution is -1.98. The number of rotatable bonds is 1. The Morgan fingerprint density at radius 1 is 1.15 bits per heavy atom. The third-order valence-electron chi connectivity index (χ3n) is 3.19. The molecule has 0 saturated carbocycles. The number of hydrogen-bond donors (Lipinski definition) is 1. The number of nitrogens with two attached hydrogens (primary N) is 1. The maximum Gasteiger partial charge on any atom is 0.139 e. The van der Waals surface area contributed by atoms with Crippen molar-refractivity contribution in [2.45, 2.75) is 6.92 Å². The predicted octanol–water partition coefficient (Wildman–Crippen LogP) is 4.96. The number of halogens is 3. The molecule has 2 aromatic heterocycles. The summed E-state index contributed by atoms with van der Waals surface area (Å²) in [5.41, 5.74) is 9.57. The Kier molecular flexibility index (Phi) is 3.40. The Morgan fingerprint density at radius 3 is 2.60 bits per heavy atom. The van der Waals surface area contributed by atoms with Crippen LogP contribution in [0.1, 0.15) is 5.69 Å². The highest BCUT2D eigenvalue weighted by molar-refractivity contribution is 9.10. The third-order valence-corrected chi connectivity index (χ3v) is 4.77. The second-order valence-electron chi connectivity index (χ2n) is 4.43. The maximum atomic E-state index is 6.23. The van der Waals surface area contributed by atoms with Crippen LogP contribution < -0.4 is 5.73 Å². The van der Waals surface area contributed by atoms with Crippen LogP contribution in [-0.2, 0) is 0 Å². The van der Waals surface area contributed by atoms with Gasteiger partial charge in [0.15, 0.2) is 0 Å². The zero-order valence-electron chi connectivity index (χ0n) is 10.5. The summed E-state index contributed by atoms with van der Waals surface area (Å²) in [6, 6.07) is 9.23. The summed E-state index contributed by atoms with van der Waals surface area (Å²) >= 11 is 15.5. The zero-order valence-corrected chi connectivity index (χ0v) is 13.6. The lowest BCUT2D eigenvalue weighted by Gasteiger charge is -2.05. The summed E-state index contributed by atoms with van der Waals surface area (Å²) in [4.78, 5) is 4.57. The molecule has 102 valence electrons. The van der Waals surface area contributed by atoms with Crippen molar-refractivity contribution in [3.05, 3.63) is 50.5 Å². The van der Waals surface area contributed by atoms with E-state index in [1.54, 1.807) is 12.1 Å². The van der Waals surface area contributed by atoms with Crippen LogP contribution in [0.25, 0.3) is 16.9 Å². The molecule has 0 saturated heterocycles. The summed E-state index contributed by atoms with van der Waals surface area (Å²) in [7, 11) is 0. The monoisotopic (exact) mass is 369 g/mol. The van der Waals surface area contributed by atoms with E-state index >= 15 is 0 Å². The third kappa shape index (κ3) is 2.08. The van der Waals surface area contributed by atoms with Gasteiger partial charge in [0, 0.05) is 15.7 Å². The van der Waals surface area contributed by atoms with E-state index in [1.165, 1.54) is 0 Å². The molecule has 3 nitrogen and oxygen atoms in total. The number of hydrogen-bond acceptors (Lipinski definition) is 2. The Labute approximate surface area is 134 Å². The highest BCUT2D eigenvalue weighted by atomic mass is 79.9. The molecule has 0 atom stereocenters. The van der Waals surface area contributed by atoms with E-state index in [-0.39, 0.29) is 0 Å². The number of fused-ring (bicyclic) bond motifs is 1. The molecular weight excluding hydrogens is 361 g/mol. The summed E-state index contributed by atoms with van der Waals surface area (Å²) in [6.45, 7) is 1.98. The maximum absolute atomic E-state index is 6.23. The minimum absolute atomic E-state index is 0.485. The molecule has 0 amide bonds. The largest absolute Gasteiger partial charge is 0.383 e. The van der Waals surface area contributed by atoms with Gasteiger partial charge in [0.05, 0.1) is 10.0 Å². The molecule has 0 radical (unpaired) electrons. The van der Waals surface area contributed by atoms with E-state index < -0.39 is 0 Å². The topological polar surface area (TPSA) is 43.3 Å². The van der Waals surface area contributed by atoms with Crippen molar-refractivity contribution in [2.24, 2.45) is 0 Å². The average molecular weight is 371 g/mol. The summed E-state index contributed by atoms with van der Waals surface area (Å²) in [5.74, 6) is 0.581. The molecule has 0 fully saturated rings. The van der Waals surface area contributed by atoms with E-state index in [0.29, 0.717) is 21.6 Å². The molecule has 0 aliphatic heterocycles. The number of aromatic nitrogens is 2. The second-order valence-corrected chi connectivity index (χ2v) is 6.10. The summed E-state index contributed by atoms with van der Waals surface area (Å²) in [5, 5.41) is 0.996. The standard InChI is InChI=1S/C14H10BrCl2N3/c1-7-9(15)3-5-12-19-13(14(18)20(7)12)8-2-4-10(16)11(17)6-8/h2-6H,18H2,1H3. The molecular formula is C14H10BrCl2N3. The fraction of sp³-hybridized carbons (Fsp3) is 0.0714. The summed E-state index contributed by atoms with van der Waals surface area (Å²) < 4.78 is 2.89. The fourth-order valence-corrected chi connectivity index (χ4v) is 2.75. The molecule has 20 heavy (non-hydrogen) atoms. The molecule has 0 bridgehead atoms. The van der Waals surface area contributed by atoms with Crippen LogP contribution >= 0.6 is 39.1 Å². The van der Waals surface area contributed by atoms with Gasteiger partial charge in [0.1, 0.15) is 17.2 Å². The molecule has 2 N–H and O–H groups in total. The first-order valence-corrected chi connectivity index (χ1v) is 7.42. The first-order chi connectivity index (χ1) is 9.49. The van der Waals surface area contributed by atoms with Gasteiger partial charge >= 0.3 is 0 Å². The molecule has 0 unspecified atom stereocenters. The van der Waals surface area contributed by atoms with Gasteiger partial charge in [-0.15, -0.1) is 0 Å². The van der Waals surface area contributed by atoms with Crippen LogP contribution in [0.15, 0.2) is 34.8 Å². The molecule has 3 rings (SSSR count). The van der Waals surface area contributed by atoms with E-state index in [9.17, 15) is 0 Å². The Morgan fingerprint density at radius 2 is 1.90 bits per heavy atom. The smallest absolute Gasteiger partial charge is 0.139 e. The van der Waals surface area contributed by atoms with Crippen molar-refractivity contribution in [2.75, 3.05) is 5.73 Å². The predicted molar refractivity (Wildman–Crippen MR) is 87.5 cm³/mol. The van der Waals surface area contributed by atoms with E-state index in [0.717, 1.165) is 21.4 Å². The average Bonchev–Trinajstić information content (AvgIpc) is 2.75. The van der Waals surface area contributed by atoms with Crippen LogP contribution in [-0.4, -0.2) is 9.38 Å². The first kappa shape index (κ1) is 13.7. The van der Waals surface area contributed by atoms with Crippen LogP contribution in [0, 0.1) is 6.92 Å². The lowest BCUT2D eigenvalue weighted by atomic mass is 10.1. The number of pyridine rings is 1. The number of nitrogens with zero attached hydrogens (tertiary/aromatic N) is 2. The van der Waals surface area contributed by atoms with Crippen molar-refractivity contribution in [3.63, 3.8) is 0 Å². The number of imidazole rings is 1. The number of anilines is 1. The summed E-state index contributed by atoms with van der Waals surface area (Å²) in [6.07, 6.45) is 0. The SMILES string of the molecule is Cc1c(Br)ccc2nc(-c3ccc(Cl)c(Cl)c3)c(N)n12. The van der Waals surface area contributed by atoms with Crippen LogP contribution in [0.3, 0.4) is 0 Å². The van der Waals surface area contributed by atoms with Crippen LogP contribution in [0.4, 0.5) is 5.82 Å². The Hall–Kier alpha value is -1.23. The number of nitrogen functional groups attached to an aromatic ring is 1. The Bertz CT molecular complexity index is 827. The van der Waals surface area contributed by atoms with E-state index in [4.69, 9.17) is 28.9 Å². The molecule has 6 heteroatoms. The van der Waals surface area contributed by atoms with Crippen molar-refractivity contribution >= 4 is 50.6 Å². The van der Waals surface area contributed by atoms with Crippen LogP contribution in [0.2, 0.25) is 10.0 Å². The minimum Gasteiger partial charge on any atom is -0.383 e. The lowest BCUT2D eigenvalue weighted by molar-refractivity contribution is 1.09. The van der Waals surface area contributed by atoms with Gasteiger partial charge in [0.25, 0.3) is 0 Å². The van der Waals surface area contributed by atoms with Crippen molar-refractivity contribution in [1.29, 1.82) is 0 Å². The van der Waals surface area contributed by atoms with Gasteiger partial charge in [-0.1, -0.05) is 29.3 Å². The number of aryl methyl sites for hydroxylation is 1. The van der Waals surface area contributed by atoms with Gasteiger partial charge < -0.3 is 5.73 Å². The molecule has 2 heterocycles. The van der Waals surface area contributed by atoms with Gasteiger partial charge in [-0.3, -0.25) is 4.40 Å². The molecule has 3 aromatic rings. The molecule has 0 aliphatic rings. The van der Waals surface area contributed by atoms with Crippen molar-refractivity contribution in [1.82, 2.24) is 9.38 Å². The van der Waals surface area contributed by atoms with Gasteiger partial charge in [-0.05, 0) is 47.1 Å². The zero-order chi connectivity index (χ0) is 14.4. The van der Waals surface area contributed by atoms with Gasteiger partial charge in [-0.2, -0.15) is 0 Å². The molecule has 0 spiro atoms. The van der Waals surface area contributed by atoms with Crippen molar-refractivity contribution < 1.29 is 0 Å². The van der Waals surface area contributed by atoms with E-state index in [1.807, 2.05) is 29.5 Å². The normalized spacial score (nSPS) is 11.2. The van der Waals surface area contributed by atoms with Crippen molar-refractivity contribution in [3.8, 4) is 11.3 Å². The first-order valence-electron chi connectivity index (χ1n) is 5.87. The minimum atomic E-state index is 0.485. The molecule has 1 aromatic carbocycles. The van der Waals surface area contributed by atoms with Crippen LogP contribution in [0.5, 0.6) is 0 Å². The highest BCUT2D eigenvalue weighted by Crippen LogP contribution is 2.33.